The van der Waals surface area contributed by atoms with E-state index in [1.165, 1.54) is 10.4 Å². The van der Waals surface area contributed by atoms with Crippen LogP contribution in [0.15, 0.2) is 46.4 Å². The van der Waals surface area contributed by atoms with E-state index in [1.807, 2.05) is 0 Å². The van der Waals surface area contributed by atoms with E-state index >= 15 is 0 Å². The molecule has 0 radical (unpaired) electrons. The fourth-order valence-corrected chi connectivity index (χ4v) is 5.89. The van der Waals surface area contributed by atoms with Gasteiger partial charge < -0.3 is 0 Å². The van der Waals surface area contributed by atoms with Crippen LogP contribution in [0, 0.1) is 0 Å². The van der Waals surface area contributed by atoms with Gasteiger partial charge in [0.25, 0.3) is 0 Å². The Labute approximate surface area is 156 Å². The van der Waals surface area contributed by atoms with Crippen LogP contribution in [0.4, 0.5) is 0 Å². The van der Waals surface area contributed by atoms with Gasteiger partial charge in [-0.15, -0.1) is 11.3 Å². The zero-order valence-corrected chi connectivity index (χ0v) is 15.7. The average Bonchev–Trinajstić information content (AvgIpc) is 3.06. The molecule has 0 fully saturated rings. The Hall–Kier alpha value is -2.03. The standard InChI is InChI=1S/C18H19N3O3S2/c22-18-9-8-15(19-20-18)17-10-12-6-7-13(11-16(12)25-17)21-26(23,24)14-4-2-1-3-5-14/h1-5,10,13,21H,6-9,11H2,(H,20,22). The zero-order valence-electron chi connectivity index (χ0n) is 14.1. The second-order valence-corrected chi connectivity index (χ2v) is 9.38. The van der Waals surface area contributed by atoms with Crippen molar-refractivity contribution in [1.82, 2.24) is 10.1 Å². The second-order valence-electron chi connectivity index (χ2n) is 6.53. The van der Waals surface area contributed by atoms with Crippen molar-refractivity contribution < 1.29 is 13.2 Å². The molecule has 1 unspecified atom stereocenters. The van der Waals surface area contributed by atoms with Crippen molar-refractivity contribution in [1.29, 1.82) is 0 Å². The van der Waals surface area contributed by atoms with Gasteiger partial charge in [-0.1, -0.05) is 18.2 Å². The van der Waals surface area contributed by atoms with Crippen molar-refractivity contribution in [2.45, 2.75) is 43.0 Å². The lowest BCUT2D eigenvalue weighted by Gasteiger charge is -2.23. The number of aryl methyl sites for hydroxylation is 1. The van der Waals surface area contributed by atoms with Gasteiger partial charge >= 0.3 is 0 Å². The quantitative estimate of drug-likeness (QED) is 0.840. The summed E-state index contributed by atoms with van der Waals surface area (Å²) in [5.41, 5.74) is 4.70. The van der Waals surface area contributed by atoms with E-state index in [4.69, 9.17) is 0 Å². The maximum Gasteiger partial charge on any atom is 0.240 e. The number of carbonyl (C=O) groups excluding carboxylic acids is 1. The molecule has 0 saturated carbocycles. The summed E-state index contributed by atoms with van der Waals surface area (Å²) in [6.45, 7) is 0. The Kier molecular flexibility index (Phi) is 4.64. The highest BCUT2D eigenvalue weighted by Crippen LogP contribution is 2.31. The molecule has 2 N–H and O–H groups in total. The summed E-state index contributed by atoms with van der Waals surface area (Å²) in [4.78, 5) is 13.8. The predicted octanol–water partition coefficient (Wildman–Crippen LogP) is 2.20. The van der Waals surface area contributed by atoms with E-state index in [9.17, 15) is 13.2 Å². The molecule has 1 aliphatic heterocycles. The first-order valence-electron chi connectivity index (χ1n) is 8.56. The molecule has 1 atom stereocenters. The largest absolute Gasteiger partial charge is 0.273 e. The minimum absolute atomic E-state index is 0.0505. The van der Waals surface area contributed by atoms with Crippen molar-refractivity contribution >= 4 is 33.0 Å². The number of amides is 1. The predicted molar refractivity (Wildman–Crippen MR) is 101 cm³/mol. The van der Waals surface area contributed by atoms with Gasteiger partial charge in [-0.25, -0.2) is 18.6 Å². The zero-order chi connectivity index (χ0) is 18.1. The highest BCUT2D eigenvalue weighted by molar-refractivity contribution is 7.89. The monoisotopic (exact) mass is 389 g/mol. The van der Waals surface area contributed by atoms with Gasteiger partial charge in [0.2, 0.25) is 15.9 Å². The van der Waals surface area contributed by atoms with Crippen LogP contribution in [0.2, 0.25) is 0 Å². The van der Waals surface area contributed by atoms with Gasteiger partial charge in [0.15, 0.2) is 0 Å². The summed E-state index contributed by atoms with van der Waals surface area (Å²) in [6, 6.07) is 10.5. The van der Waals surface area contributed by atoms with Crippen LogP contribution in [-0.4, -0.2) is 26.1 Å². The van der Waals surface area contributed by atoms with Crippen LogP contribution in [-0.2, 0) is 27.7 Å². The molecule has 136 valence electrons. The van der Waals surface area contributed by atoms with E-state index in [1.54, 1.807) is 41.7 Å². The van der Waals surface area contributed by atoms with Crippen molar-refractivity contribution in [3.63, 3.8) is 0 Å². The molecule has 1 aromatic heterocycles. The number of sulfonamides is 1. The minimum atomic E-state index is -3.50. The Morgan fingerprint density at radius 1 is 1.15 bits per heavy atom. The van der Waals surface area contributed by atoms with E-state index in [0.29, 0.717) is 24.2 Å². The maximum atomic E-state index is 12.5. The van der Waals surface area contributed by atoms with Gasteiger partial charge in [0.05, 0.1) is 15.5 Å². The van der Waals surface area contributed by atoms with Crippen molar-refractivity contribution in [2.24, 2.45) is 5.10 Å². The first-order valence-corrected chi connectivity index (χ1v) is 10.9. The SMILES string of the molecule is O=C1CCC(c2cc3c(s2)CC(NS(=O)(=O)c2ccccc2)CC3)=NN1. The highest BCUT2D eigenvalue weighted by atomic mass is 32.2. The van der Waals surface area contributed by atoms with Crippen LogP contribution in [0.3, 0.4) is 0 Å². The van der Waals surface area contributed by atoms with Crippen molar-refractivity contribution in [3.8, 4) is 0 Å². The minimum Gasteiger partial charge on any atom is -0.273 e. The summed E-state index contributed by atoms with van der Waals surface area (Å²) in [7, 11) is -3.50. The molecule has 4 rings (SSSR count). The summed E-state index contributed by atoms with van der Waals surface area (Å²) in [6.07, 6.45) is 3.41. The number of nitrogens with zero attached hydrogens (tertiary/aromatic N) is 1. The third-order valence-electron chi connectivity index (χ3n) is 4.65. The molecule has 0 bridgehead atoms. The van der Waals surface area contributed by atoms with Crippen LogP contribution in [0.25, 0.3) is 0 Å². The summed E-state index contributed by atoms with van der Waals surface area (Å²) >= 11 is 1.65. The number of thiophene rings is 1. The van der Waals surface area contributed by atoms with E-state index < -0.39 is 10.0 Å². The van der Waals surface area contributed by atoms with Gasteiger partial charge in [0.1, 0.15) is 0 Å². The second kappa shape index (κ2) is 6.94. The smallest absolute Gasteiger partial charge is 0.240 e. The normalized spacial score (nSPS) is 20.2. The molecule has 6 nitrogen and oxygen atoms in total. The number of hydrazone groups is 1. The molecule has 26 heavy (non-hydrogen) atoms. The molecular formula is C18H19N3O3S2. The van der Waals surface area contributed by atoms with E-state index in [2.05, 4.69) is 21.3 Å². The Morgan fingerprint density at radius 2 is 1.96 bits per heavy atom. The molecular weight excluding hydrogens is 370 g/mol. The molecule has 8 heteroatoms. The third kappa shape index (κ3) is 3.58. The molecule has 1 aliphatic carbocycles. The number of benzene rings is 1. The van der Waals surface area contributed by atoms with Crippen molar-refractivity contribution in [2.75, 3.05) is 0 Å². The summed E-state index contributed by atoms with van der Waals surface area (Å²) < 4.78 is 27.9. The lowest BCUT2D eigenvalue weighted by molar-refractivity contribution is -0.121. The number of rotatable bonds is 4. The Balaban J connectivity index is 1.49. The molecule has 0 spiro atoms. The van der Waals surface area contributed by atoms with Crippen LogP contribution in [0.5, 0.6) is 0 Å². The number of fused-ring (bicyclic) bond motifs is 1. The first-order chi connectivity index (χ1) is 12.5. The summed E-state index contributed by atoms with van der Waals surface area (Å²) in [5, 5.41) is 4.16. The number of hydrogen-bond acceptors (Lipinski definition) is 5. The molecule has 2 aromatic rings. The topological polar surface area (TPSA) is 87.6 Å². The highest BCUT2D eigenvalue weighted by Gasteiger charge is 2.27. The molecule has 2 heterocycles. The molecule has 0 saturated heterocycles. The fourth-order valence-electron chi connectivity index (χ4n) is 3.29. The number of carbonyl (C=O) groups is 1. The number of nitrogens with one attached hydrogen (secondary N) is 2. The average molecular weight is 390 g/mol. The fraction of sp³-hybridized carbons (Fsp3) is 0.333. The molecule has 1 aromatic carbocycles. The lowest BCUT2D eigenvalue weighted by Crippen LogP contribution is -2.38. The van der Waals surface area contributed by atoms with E-state index in [-0.39, 0.29) is 11.9 Å². The Morgan fingerprint density at radius 3 is 2.69 bits per heavy atom. The maximum absolute atomic E-state index is 12.5. The van der Waals surface area contributed by atoms with Gasteiger partial charge in [-0.3, -0.25) is 4.79 Å². The lowest BCUT2D eigenvalue weighted by atomic mass is 9.95. The molecule has 2 aliphatic rings. The molecule has 1 amide bonds. The van der Waals surface area contributed by atoms with Crippen LogP contribution >= 0.6 is 11.3 Å². The summed E-state index contributed by atoms with van der Waals surface area (Å²) in [5.74, 6) is -0.0505. The Bertz CT molecular complexity index is 965. The van der Waals surface area contributed by atoms with Crippen LogP contribution < -0.4 is 10.1 Å². The third-order valence-corrected chi connectivity index (χ3v) is 7.44. The van der Waals surface area contributed by atoms with E-state index in [0.717, 1.165) is 23.4 Å². The van der Waals surface area contributed by atoms with Gasteiger partial charge in [-0.05, 0) is 43.0 Å². The van der Waals surface area contributed by atoms with Gasteiger partial charge in [-0.2, -0.15) is 5.10 Å². The van der Waals surface area contributed by atoms with Crippen molar-refractivity contribution in [3.05, 3.63) is 51.7 Å². The van der Waals surface area contributed by atoms with Gasteiger partial charge in [0, 0.05) is 23.8 Å². The van der Waals surface area contributed by atoms with Crippen LogP contribution in [0.1, 0.15) is 34.6 Å². The first kappa shape index (κ1) is 17.4. The number of hydrogen-bond donors (Lipinski definition) is 2.